The molecule has 3 rings (SSSR count). The van der Waals surface area contributed by atoms with Crippen molar-refractivity contribution in [3.63, 3.8) is 0 Å². The van der Waals surface area contributed by atoms with E-state index in [2.05, 4.69) is 92.0 Å². The number of hydrogen-bond donors (Lipinski definition) is 1. The second-order valence-corrected chi connectivity index (χ2v) is 6.38. The fourth-order valence-electron chi connectivity index (χ4n) is 3.26. The third-order valence-corrected chi connectivity index (χ3v) is 4.53. The SMILES string of the molecule is C[C@H](CCc1ccccc1)N[C@H](C)c1cccc2ccccc12. The zero-order chi connectivity index (χ0) is 16.1. The molecule has 0 unspecified atom stereocenters. The van der Waals surface area contributed by atoms with Crippen molar-refractivity contribution in [2.24, 2.45) is 0 Å². The first-order valence-electron chi connectivity index (χ1n) is 8.51. The summed E-state index contributed by atoms with van der Waals surface area (Å²) in [4.78, 5) is 0. The van der Waals surface area contributed by atoms with Crippen molar-refractivity contribution >= 4 is 10.8 Å². The maximum absolute atomic E-state index is 3.76. The molecule has 0 aliphatic rings. The molecule has 3 aromatic carbocycles. The minimum atomic E-state index is 0.354. The van der Waals surface area contributed by atoms with Gasteiger partial charge in [-0.3, -0.25) is 0 Å². The molecule has 0 amide bonds. The Kier molecular flexibility index (Phi) is 5.09. The van der Waals surface area contributed by atoms with Crippen LogP contribution in [0.1, 0.15) is 37.4 Å². The van der Waals surface area contributed by atoms with E-state index in [0.717, 1.165) is 12.8 Å². The lowest BCUT2D eigenvalue weighted by Gasteiger charge is -2.22. The molecule has 0 saturated carbocycles. The molecule has 0 heterocycles. The maximum atomic E-state index is 3.76. The largest absolute Gasteiger partial charge is 0.308 e. The van der Waals surface area contributed by atoms with Crippen LogP contribution in [0.25, 0.3) is 10.8 Å². The van der Waals surface area contributed by atoms with E-state index in [1.165, 1.54) is 21.9 Å². The Morgan fingerprint density at radius 1 is 0.783 bits per heavy atom. The average molecular weight is 303 g/mol. The molecular weight excluding hydrogens is 278 g/mol. The van der Waals surface area contributed by atoms with E-state index in [9.17, 15) is 0 Å². The summed E-state index contributed by atoms with van der Waals surface area (Å²) < 4.78 is 0. The summed E-state index contributed by atoms with van der Waals surface area (Å²) in [7, 11) is 0. The lowest BCUT2D eigenvalue weighted by molar-refractivity contribution is 0.458. The van der Waals surface area contributed by atoms with Crippen molar-refractivity contribution in [3.05, 3.63) is 83.9 Å². The van der Waals surface area contributed by atoms with E-state index >= 15 is 0 Å². The highest BCUT2D eigenvalue weighted by Crippen LogP contribution is 2.24. The zero-order valence-electron chi connectivity index (χ0n) is 14.0. The van der Waals surface area contributed by atoms with Crippen LogP contribution in [0.3, 0.4) is 0 Å². The number of fused-ring (bicyclic) bond motifs is 1. The summed E-state index contributed by atoms with van der Waals surface area (Å²) >= 11 is 0. The van der Waals surface area contributed by atoms with Crippen molar-refractivity contribution in [2.75, 3.05) is 0 Å². The third kappa shape index (κ3) is 4.00. The van der Waals surface area contributed by atoms with E-state index in [4.69, 9.17) is 0 Å². The second kappa shape index (κ2) is 7.43. The second-order valence-electron chi connectivity index (χ2n) is 6.38. The number of rotatable bonds is 6. The number of hydrogen-bond acceptors (Lipinski definition) is 1. The van der Waals surface area contributed by atoms with Crippen molar-refractivity contribution in [1.29, 1.82) is 0 Å². The highest BCUT2D eigenvalue weighted by molar-refractivity contribution is 5.86. The molecule has 0 aromatic heterocycles. The Morgan fingerprint density at radius 2 is 1.48 bits per heavy atom. The normalized spacial score (nSPS) is 13.8. The van der Waals surface area contributed by atoms with Gasteiger partial charge >= 0.3 is 0 Å². The average Bonchev–Trinajstić information content (AvgIpc) is 2.60. The lowest BCUT2D eigenvalue weighted by atomic mass is 9.98. The van der Waals surface area contributed by atoms with Gasteiger partial charge in [0.1, 0.15) is 0 Å². The first kappa shape index (κ1) is 15.8. The van der Waals surface area contributed by atoms with Crippen LogP contribution in [0.2, 0.25) is 0 Å². The summed E-state index contributed by atoms with van der Waals surface area (Å²) in [6.07, 6.45) is 2.27. The number of benzene rings is 3. The Hall–Kier alpha value is -2.12. The third-order valence-electron chi connectivity index (χ3n) is 4.53. The molecule has 0 fully saturated rings. The molecule has 1 heteroatoms. The molecular formula is C22H25N. The Balaban J connectivity index is 1.65. The van der Waals surface area contributed by atoms with Crippen LogP contribution < -0.4 is 5.32 Å². The Bertz CT molecular complexity index is 743. The van der Waals surface area contributed by atoms with E-state index in [1.54, 1.807) is 0 Å². The van der Waals surface area contributed by atoms with E-state index in [0.29, 0.717) is 12.1 Å². The fourth-order valence-corrected chi connectivity index (χ4v) is 3.26. The number of aryl methyl sites for hydroxylation is 1. The Labute approximate surface area is 139 Å². The molecule has 0 aliphatic heterocycles. The van der Waals surface area contributed by atoms with Crippen molar-refractivity contribution in [3.8, 4) is 0 Å². The van der Waals surface area contributed by atoms with Crippen LogP contribution in [0.4, 0.5) is 0 Å². The summed E-state index contributed by atoms with van der Waals surface area (Å²) in [5.41, 5.74) is 2.80. The summed E-state index contributed by atoms with van der Waals surface area (Å²) in [5, 5.41) is 6.43. The Morgan fingerprint density at radius 3 is 2.30 bits per heavy atom. The van der Waals surface area contributed by atoms with Gasteiger partial charge in [0, 0.05) is 12.1 Å². The summed E-state index contributed by atoms with van der Waals surface area (Å²) in [5.74, 6) is 0. The fraction of sp³-hybridized carbons (Fsp3) is 0.273. The minimum absolute atomic E-state index is 0.354. The van der Waals surface area contributed by atoms with Crippen LogP contribution in [-0.4, -0.2) is 6.04 Å². The van der Waals surface area contributed by atoms with Crippen LogP contribution in [0.5, 0.6) is 0 Å². The molecule has 118 valence electrons. The molecule has 3 aromatic rings. The highest BCUT2D eigenvalue weighted by atomic mass is 14.9. The van der Waals surface area contributed by atoms with Crippen LogP contribution in [0, 0.1) is 0 Å². The van der Waals surface area contributed by atoms with Crippen LogP contribution in [-0.2, 0) is 6.42 Å². The molecule has 2 atom stereocenters. The van der Waals surface area contributed by atoms with Crippen molar-refractivity contribution in [2.45, 2.75) is 38.8 Å². The van der Waals surface area contributed by atoms with E-state index in [-0.39, 0.29) is 0 Å². The quantitative estimate of drug-likeness (QED) is 0.633. The molecule has 0 aliphatic carbocycles. The first-order valence-corrected chi connectivity index (χ1v) is 8.51. The predicted molar refractivity (Wildman–Crippen MR) is 99.7 cm³/mol. The van der Waals surface area contributed by atoms with Gasteiger partial charge in [0.25, 0.3) is 0 Å². The van der Waals surface area contributed by atoms with Gasteiger partial charge in [-0.05, 0) is 48.6 Å². The van der Waals surface area contributed by atoms with Gasteiger partial charge in [-0.2, -0.15) is 0 Å². The zero-order valence-corrected chi connectivity index (χ0v) is 14.0. The topological polar surface area (TPSA) is 12.0 Å². The maximum Gasteiger partial charge on any atom is 0.0300 e. The molecule has 0 spiro atoms. The van der Waals surface area contributed by atoms with E-state index < -0.39 is 0 Å². The van der Waals surface area contributed by atoms with Gasteiger partial charge in [0.05, 0.1) is 0 Å². The smallest absolute Gasteiger partial charge is 0.0300 e. The molecule has 23 heavy (non-hydrogen) atoms. The van der Waals surface area contributed by atoms with Gasteiger partial charge in [0.15, 0.2) is 0 Å². The standard InChI is InChI=1S/C22H25N/c1-17(15-16-19-9-4-3-5-10-19)23-18(2)21-14-8-12-20-11-6-7-13-22(20)21/h3-14,17-18,23H,15-16H2,1-2H3/t17-,18-/m1/s1. The summed E-state index contributed by atoms with van der Waals surface area (Å²) in [6.45, 7) is 4.55. The highest BCUT2D eigenvalue weighted by Gasteiger charge is 2.12. The minimum Gasteiger partial charge on any atom is -0.308 e. The van der Waals surface area contributed by atoms with Crippen molar-refractivity contribution < 1.29 is 0 Å². The van der Waals surface area contributed by atoms with Gasteiger partial charge in [-0.25, -0.2) is 0 Å². The van der Waals surface area contributed by atoms with Gasteiger partial charge in [-0.15, -0.1) is 0 Å². The van der Waals surface area contributed by atoms with Gasteiger partial charge in [0.2, 0.25) is 0 Å². The first-order chi connectivity index (χ1) is 11.2. The molecule has 1 nitrogen and oxygen atoms in total. The summed E-state index contributed by atoms with van der Waals surface area (Å²) in [6, 6.07) is 26.8. The van der Waals surface area contributed by atoms with Gasteiger partial charge in [-0.1, -0.05) is 72.8 Å². The molecule has 1 N–H and O–H groups in total. The number of nitrogens with one attached hydrogen (secondary N) is 1. The van der Waals surface area contributed by atoms with Crippen LogP contribution in [0.15, 0.2) is 72.8 Å². The monoisotopic (exact) mass is 303 g/mol. The molecule has 0 radical (unpaired) electrons. The molecule has 0 bridgehead atoms. The predicted octanol–water partition coefficient (Wildman–Crippen LogP) is 5.51. The molecule has 0 saturated heterocycles. The lowest BCUT2D eigenvalue weighted by Crippen LogP contribution is -2.29. The van der Waals surface area contributed by atoms with E-state index in [1.807, 2.05) is 0 Å². The van der Waals surface area contributed by atoms with Crippen LogP contribution >= 0.6 is 0 Å². The van der Waals surface area contributed by atoms with Gasteiger partial charge < -0.3 is 5.32 Å². The van der Waals surface area contributed by atoms with Crippen molar-refractivity contribution in [1.82, 2.24) is 5.32 Å².